The molecular formula is C25H20ClN3O6S. The standard InChI is InChI=1S/C25H20ClN3O6S/c1-14-11-18(36(32,33)34)13-21(26)22(14)28-29-23-19-6-4-3-5-15(19)12-20(24(23)30)25(31)27-16-7-9-17(35-2)10-8-16/h3-13,30H,1-2H3,(H,27,31)(H,32,33,34). The van der Waals surface area contributed by atoms with E-state index in [9.17, 15) is 22.9 Å². The number of phenols is 1. The first-order valence-corrected chi connectivity index (χ1v) is 12.3. The summed E-state index contributed by atoms with van der Waals surface area (Å²) in [5.41, 5.74) is 0.972. The van der Waals surface area contributed by atoms with Crippen LogP contribution in [0, 0.1) is 6.92 Å². The Morgan fingerprint density at radius 2 is 1.67 bits per heavy atom. The van der Waals surface area contributed by atoms with Crippen LogP contribution < -0.4 is 10.1 Å². The molecule has 0 unspecified atom stereocenters. The molecule has 0 atom stereocenters. The molecule has 3 N–H and O–H groups in total. The average molecular weight is 526 g/mol. The van der Waals surface area contributed by atoms with Crippen molar-refractivity contribution < 1.29 is 27.6 Å². The van der Waals surface area contributed by atoms with Gasteiger partial charge in [-0.25, -0.2) is 0 Å². The van der Waals surface area contributed by atoms with E-state index in [1.165, 1.54) is 13.2 Å². The van der Waals surface area contributed by atoms with Gasteiger partial charge in [0.05, 0.1) is 22.6 Å². The average Bonchev–Trinajstić information content (AvgIpc) is 2.84. The van der Waals surface area contributed by atoms with Crippen LogP contribution in [0.5, 0.6) is 11.5 Å². The molecular weight excluding hydrogens is 506 g/mol. The zero-order valence-corrected chi connectivity index (χ0v) is 20.6. The highest BCUT2D eigenvalue weighted by Crippen LogP contribution is 2.41. The quantitative estimate of drug-likeness (QED) is 0.196. The number of azo groups is 1. The molecule has 0 bridgehead atoms. The number of nitrogens with one attached hydrogen (secondary N) is 1. The minimum atomic E-state index is -4.46. The molecule has 0 aliphatic rings. The smallest absolute Gasteiger partial charge is 0.294 e. The molecule has 0 spiro atoms. The number of aromatic hydroxyl groups is 1. The summed E-state index contributed by atoms with van der Waals surface area (Å²) in [4.78, 5) is 12.6. The van der Waals surface area contributed by atoms with Gasteiger partial charge in [0.2, 0.25) is 0 Å². The van der Waals surface area contributed by atoms with E-state index in [2.05, 4.69) is 15.5 Å². The first-order chi connectivity index (χ1) is 17.1. The van der Waals surface area contributed by atoms with Gasteiger partial charge >= 0.3 is 0 Å². The number of halogens is 1. The van der Waals surface area contributed by atoms with E-state index in [4.69, 9.17) is 16.3 Å². The Balaban J connectivity index is 1.77. The number of anilines is 1. The Kier molecular flexibility index (Phi) is 6.93. The van der Waals surface area contributed by atoms with Crippen molar-refractivity contribution in [3.63, 3.8) is 0 Å². The van der Waals surface area contributed by atoms with Gasteiger partial charge in [-0.05, 0) is 60.3 Å². The summed E-state index contributed by atoms with van der Waals surface area (Å²) in [6.45, 7) is 1.55. The Bertz CT molecular complexity index is 1600. The molecule has 0 aliphatic heterocycles. The highest BCUT2D eigenvalue weighted by molar-refractivity contribution is 7.85. The van der Waals surface area contributed by atoms with Gasteiger partial charge in [0.15, 0.2) is 5.75 Å². The molecule has 4 aromatic rings. The van der Waals surface area contributed by atoms with Crippen molar-refractivity contribution >= 4 is 55.5 Å². The Morgan fingerprint density at radius 1 is 1.00 bits per heavy atom. The topological polar surface area (TPSA) is 138 Å². The second kappa shape index (κ2) is 9.94. The molecule has 0 fully saturated rings. The second-order valence-electron chi connectivity index (χ2n) is 7.77. The third-order valence-electron chi connectivity index (χ3n) is 5.36. The van der Waals surface area contributed by atoms with Crippen LogP contribution in [0.2, 0.25) is 5.02 Å². The molecule has 0 saturated heterocycles. The molecule has 36 heavy (non-hydrogen) atoms. The number of phenolic OH excluding ortho intramolecular Hbond substituents is 1. The summed E-state index contributed by atoms with van der Waals surface area (Å²) < 4.78 is 37.3. The van der Waals surface area contributed by atoms with Gasteiger partial charge in [-0.3, -0.25) is 9.35 Å². The molecule has 1 amide bonds. The van der Waals surface area contributed by atoms with Crippen LogP contribution in [-0.2, 0) is 10.1 Å². The third kappa shape index (κ3) is 5.15. The molecule has 9 nitrogen and oxygen atoms in total. The molecule has 0 saturated carbocycles. The minimum Gasteiger partial charge on any atom is -0.505 e. The molecule has 0 aromatic heterocycles. The number of aryl methyl sites for hydroxylation is 1. The highest BCUT2D eigenvalue weighted by Gasteiger charge is 2.20. The molecule has 4 aromatic carbocycles. The van der Waals surface area contributed by atoms with Gasteiger partial charge < -0.3 is 15.2 Å². The largest absolute Gasteiger partial charge is 0.505 e. The lowest BCUT2D eigenvalue weighted by atomic mass is 10.0. The van der Waals surface area contributed by atoms with E-state index in [1.807, 2.05) is 0 Å². The lowest BCUT2D eigenvalue weighted by molar-refractivity contribution is 0.102. The molecule has 0 heterocycles. The fraction of sp³-hybridized carbons (Fsp3) is 0.0800. The summed E-state index contributed by atoms with van der Waals surface area (Å²) in [7, 11) is -2.92. The normalized spacial score (nSPS) is 11.7. The van der Waals surface area contributed by atoms with Crippen LogP contribution in [0.25, 0.3) is 10.8 Å². The van der Waals surface area contributed by atoms with Crippen LogP contribution in [0.1, 0.15) is 15.9 Å². The van der Waals surface area contributed by atoms with E-state index in [0.717, 1.165) is 6.07 Å². The number of rotatable bonds is 6. The molecule has 11 heteroatoms. The monoisotopic (exact) mass is 525 g/mol. The van der Waals surface area contributed by atoms with Crippen molar-refractivity contribution in [2.45, 2.75) is 11.8 Å². The maximum atomic E-state index is 13.0. The Labute approximate surface area is 211 Å². The van der Waals surface area contributed by atoms with Gasteiger partial charge in [0, 0.05) is 11.1 Å². The maximum absolute atomic E-state index is 13.0. The van der Waals surface area contributed by atoms with Crippen molar-refractivity contribution in [3.05, 3.63) is 82.9 Å². The number of ether oxygens (including phenoxy) is 1. The summed E-state index contributed by atoms with van der Waals surface area (Å²) in [6.07, 6.45) is 0. The lowest BCUT2D eigenvalue weighted by Crippen LogP contribution is -2.12. The number of hydrogen-bond acceptors (Lipinski definition) is 7. The zero-order valence-electron chi connectivity index (χ0n) is 19.1. The number of amides is 1. The number of benzene rings is 4. The first kappa shape index (κ1) is 25.1. The van der Waals surface area contributed by atoms with Gasteiger partial charge in [-0.1, -0.05) is 35.9 Å². The number of fused-ring (bicyclic) bond motifs is 1. The predicted molar refractivity (Wildman–Crippen MR) is 137 cm³/mol. The van der Waals surface area contributed by atoms with Gasteiger partial charge in [0.1, 0.15) is 17.1 Å². The van der Waals surface area contributed by atoms with Crippen molar-refractivity contribution in [3.8, 4) is 11.5 Å². The molecule has 0 aliphatic carbocycles. The summed E-state index contributed by atoms with van der Waals surface area (Å²) in [6, 6.07) is 17.5. The van der Waals surface area contributed by atoms with Gasteiger partial charge in [0.25, 0.3) is 16.0 Å². The SMILES string of the molecule is COc1ccc(NC(=O)c2cc3ccccc3c(N=Nc3c(C)cc(S(=O)(=O)O)cc3Cl)c2O)cc1. The fourth-order valence-corrected chi connectivity index (χ4v) is 4.51. The minimum absolute atomic E-state index is 0.0250. The maximum Gasteiger partial charge on any atom is 0.294 e. The van der Waals surface area contributed by atoms with Crippen LogP contribution in [0.3, 0.4) is 0 Å². The van der Waals surface area contributed by atoms with Crippen LogP contribution >= 0.6 is 11.6 Å². The Morgan fingerprint density at radius 3 is 2.31 bits per heavy atom. The first-order valence-electron chi connectivity index (χ1n) is 10.5. The Hall–Kier alpha value is -3.99. The molecule has 0 radical (unpaired) electrons. The van der Waals surface area contributed by atoms with Crippen LogP contribution in [0.4, 0.5) is 17.1 Å². The molecule has 184 valence electrons. The summed E-state index contributed by atoms with van der Waals surface area (Å²) >= 11 is 6.19. The fourth-order valence-electron chi connectivity index (χ4n) is 3.55. The van der Waals surface area contributed by atoms with Crippen molar-refractivity contribution in [1.29, 1.82) is 0 Å². The summed E-state index contributed by atoms with van der Waals surface area (Å²) in [5.74, 6) is -0.332. The predicted octanol–water partition coefficient (Wildman–Crippen LogP) is 6.43. The van der Waals surface area contributed by atoms with E-state index in [-0.39, 0.29) is 26.9 Å². The lowest BCUT2D eigenvalue weighted by Gasteiger charge is -2.12. The highest BCUT2D eigenvalue weighted by atomic mass is 35.5. The molecule has 4 rings (SSSR count). The van der Waals surface area contributed by atoms with E-state index < -0.39 is 21.8 Å². The number of nitrogens with zero attached hydrogens (tertiary/aromatic N) is 2. The summed E-state index contributed by atoms with van der Waals surface area (Å²) in [5, 5.41) is 23.1. The van der Waals surface area contributed by atoms with Crippen LogP contribution in [-0.4, -0.2) is 31.1 Å². The number of carbonyl (C=O) groups excluding carboxylic acids is 1. The van der Waals surface area contributed by atoms with E-state index in [1.54, 1.807) is 61.5 Å². The van der Waals surface area contributed by atoms with E-state index >= 15 is 0 Å². The van der Waals surface area contributed by atoms with Crippen LogP contribution in [0.15, 0.2) is 81.9 Å². The number of methoxy groups -OCH3 is 1. The third-order valence-corrected chi connectivity index (χ3v) is 6.48. The second-order valence-corrected chi connectivity index (χ2v) is 9.60. The number of carbonyl (C=O) groups is 1. The van der Waals surface area contributed by atoms with Gasteiger partial charge in [-0.2, -0.15) is 8.42 Å². The zero-order chi connectivity index (χ0) is 26.0. The van der Waals surface area contributed by atoms with Crippen molar-refractivity contribution in [2.24, 2.45) is 10.2 Å². The van der Waals surface area contributed by atoms with Gasteiger partial charge in [-0.15, -0.1) is 10.2 Å². The van der Waals surface area contributed by atoms with Crippen molar-refractivity contribution in [1.82, 2.24) is 0 Å². The van der Waals surface area contributed by atoms with E-state index in [0.29, 0.717) is 27.8 Å². The van der Waals surface area contributed by atoms with Crippen molar-refractivity contribution in [2.75, 3.05) is 12.4 Å². The number of hydrogen-bond donors (Lipinski definition) is 3.